The van der Waals surface area contributed by atoms with Gasteiger partial charge in [-0.05, 0) is 54.4 Å². The van der Waals surface area contributed by atoms with Crippen LogP contribution in [-0.2, 0) is 10.0 Å². The van der Waals surface area contributed by atoms with Crippen molar-refractivity contribution in [1.82, 2.24) is 4.31 Å². The van der Waals surface area contributed by atoms with Gasteiger partial charge in [-0.2, -0.15) is 4.31 Å². The average Bonchev–Trinajstić information content (AvgIpc) is 2.27. The van der Waals surface area contributed by atoms with Crippen molar-refractivity contribution in [2.45, 2.75) is 37.6 Å². The molecule has 0 N–H and O–H groups in total. The third-order valence-electron chi connectivity index (χ3n) is 3.25. The summed E-state index contributed by atoms with van der Waals surface area (Å²) in [6.07, 6.45) is 0.747. The number of rotatable bonds is 4. The van der Waals surface area contributed by atoms with E-state index < -0.39 is 15.6 Å². The number of hydrogen-bond acceptors (Lipinski definition) is 2. The number of hydrogen-bond donors (Lipinski definition) is 0. The fourth-order valence-electron chi connectivity index (χ4n) is 1.38. The van der Waals surface area contributed by atoms with Crippen molar-refractivity contribution < 1.29 is 8.42 Å². The highest BCUT2D eigenvalue weighted by Crippen LogP contribution is 2.31. The Hall–Kier alpha value is 0.0900. The van der Waals surface area contributed by atoms with E-state index >= 15 is 0 Å². The number of sulfonamides is 1. The molecule has 18 heavy (non-hydrogen) atoms. The molecule has 0 radical (unpaired) electrons. The van der Waals surface area contributed by atoms with Crippen molar-refractivity contribution >= 4 is 41.9 Å². The number of halogens is 2. The third-order valence-corrected chi connectivity index (χ3v) is 6.79. The van der Waals surface area contributed by atoms with Gasteiger partial charge in [0.25, 0.3) is 0 Å². The SMILES string of the molecule is CCC(C)(C)N(C)S(=O)(=O)c1ccc(Br)cc1Br. The van der Waals surface area contributed by atoms with Crippen molar-refractivity contribution in [3.63, 3.8) is 0 Å². The molecule has 0 amide bonds. The minimum absolute atomic E-state index is 0.287. The summed E-state index contributed by atoms with van der Waals surface area (Å²) in [7, 11) is -1.87. The molecule has 0 bridgehead atoms. The molecule has 1 aromatic carbocycles. The second-order valence-corrected chi connectivity index (χ2v) is 8.42. The van der Waals surface area contributed by atoms with Crippen molar-refractivity contribution in [1.29, 1.82) is 0 Å². The Morgan fingerprint density at radius 3 is 2.28 bits per heavy atom. The smallest absolute Gasteiger partial charge is 0.207 e. The van der Waals surface area contributed by atoms with Crippen LogP contribution in [0.3, 0.4) is 0 Å². The van der Waals surface area contributed by atoms with E-state index in [2.05, 4.69) is 31.9 Å². The second kappa shape index (κ2) is 5.61. The molecule has 0 aromatic heterocycles. The summed E-state index contributed by atoms with van der Waals surface area (Å²) in [6, 6.07) is 5.07. The molecule has 0 aliphatic heterocycles. The van der Waals surface area contributed by atoms with Crippen LogP contribution >= 0.6 is 31.9 Å². The maximum atomic E-state index is 12.6. The second-order valence-electron chi connectivity index (χ2n) is 4.71. The standard InChI is InChI=1S/C12H17Br2NO2S/c1-5-12(2,3)15(4)18(16,17)11-7-6-9(13)8-10(11)14/h6-8H,5H2,1-4H3. The molecule has 1 rings (SSSR count). The summed E-state index contributed by atoms with van der Waals surface area (Å²) in [5, 5.41) is 0. The van der Waals surface area contributed by atoms with Crippen molar-refractivity contribution in [3.05, 3.63) is 27.1 Å². The summed E-state index contributed by atoms with van der Waals surface area (Å²) in [4.78, 5) is 0.287. The van der Waals surface area contributed by atoms with E-state index in [0.717, 1.165) is 10.9 Å². The Morgan fingerprint density at radius 2 is 1.83 bits per heavy atom. The highest BCUT2D eigenvalue weighted by Gasteiger charge is 2.33. The normalized spacial score (nSPS) is 13.1. The van der Waals surface area contributed by atoms with E-state index in [9.17, 15) is 8.42 Å². The van der Waals surface area contributed by atoms with E-state index in [1.54, 1.807) is 25.2 Å². The molecule has 102 valence electrons. The molecule has 6 heteroatoms. The minimum atomic E-state index is -3.49. The van der Waals surface area contributed by atoms with Gasteiger partial charge in [-0.15, -0.1) is 0 Å². The van der Waals surface area contributed by atoms with E-state index in [1.807, 2.05) is 20.8 Å². The van der Waals surface area contributed by atoms with Gasteiger partial charge in [0.15, 0.2) is 0 Å². The quantitative estimate of drug-likeness (QED) is 0.767. The van der Waals surface area contributed by atoms with Gasteiger partial charge in [0.2, 0.25) is 10.0 Å². The first kappa shape index (κ1) is 16.1. The summed E-state index contributed by atoms with van der Waals surface area (Å²) < 4.78 is 27.9. The predicted molar refractivity (Wildman–Crippen MR) is 81.2 cm³/mol. The summed E-state index contributed by atoms with van der Waals surface area (Å²) in [6.45, 7) is 5.80. The molecule has 0 heterocycles. The first-order chi connectivity index (χ1) is 8.13. The molecule has 0 atom stereocenters. The molecular weight excluding hydrogens is 382 g/mol. The van der Waals surface area contributed by atoms with Gasteiger partial charge in [0.1, 0.15) is 0 Å². The van der Waals surface area contributed by atoms with Crippen LogP contribution in [0.2, 0.25) is 0 Å². The lowest BCUT2D eigenvalue weighted by Gasteiger charge is -2.33. The van der Waals surface area contributed by atoms with Gasteiger partial charge in [-0.3, -0.25) is 0 Å². The maximum Gasteiger partial charge on any atom is 0.244 e. The van der Waals surface area contributed by atoms with Crippen molar-refractivity contribution in [2.75, 3.05) is 7.05 Å². The van der Waals surface area contributed by atoms with Crippen LogP contribution in [0.15, 0.2) is 32.0 Å². The summed E-state index contributed by atoms with van der Waals surface area (Å²) >= 11 is 6.62. The minimum Gasteiger partial charge on any atom is -0.207 e. The monoisotopic (exact) mass is 397 g/mol. The molecule has 3 nitrogen and oxygen atoms in total. The van der Waals surface area contributed by atoms with E-state index in [0.29, 0.717) is 4.47 Å². The van der Waals surface area contributed by atoms with Crippen LogP contribution < -0.4 is 0 Å². The third kappa shape index (κ3) is 3.15. The summed E-state index contributed by atoms with van der Waals surface area (Å²) in [5.74, 6) is 0. The van der Waals surface area contributed by atoms with E-state index in [4.69, 9.17) is 0 Å². The molecule has 0 spiro atoms. The predicted octanol–water partition coefficient (Wildman–Crippen LogP) is 4.02. The highest BCUT2D eigenvalue weighted by atomic mass is 79.9. The van der Waals surface area contributed by atoms with Crippen LogP contribution in [-0.4, -0.2) is 25.3 Å². The Bertz CT molecular complexity index is 541. The Morgan fingerprint density at radius 1 is 1.28 bits per heavy atom. The van der Waals surface area contributed by atoms with Crippen LogP contribution in [0, 0.1) is 0 Å². The molecule has 0 aliphatic carbocycles. The lowest BCUT2D eigenvalue weighted by molar-refractivity contribution is 0.257. The van der Waals surface area contributed by atoms with E-state index in [-0.39, 0.29) is 4.90 Å². The molecule has 0 saturated heterocycles. The van der Waals surface area contributed by atoms with Gasteiger partial charge in [-0.25, -0.2) is 8.42 Å². The first-order valence-electron chi connectivity index (χ1n) is 5.57. The lowest BCUT2D eigenvalue weighted by Crippen LogP contribution is -2.44. The van der Waals surface area contributed by atoms with Crippen LogP contribution in [0.25, 0.3) is 0 Å². The molecule has 0 aliphatic rings. The molecule has 1 aromatic rings. The zero-order valence-electron chi connectivity index (χ0n) is 10.9. The van der Waals surface area contributed by atoms with Crippen molar-refractivity contribution in [2.24, 2.45) is 0 Å². The van der Waals surface area contributed by atoms with Crippen LogP contribution in [0.5, 0.6) is 0 Å². The van der Waals surface area contributed by atoms with Gasteiger partial charge in [0, 0.05) is 21.5 Å². The fraction of sp³-hybridized carbons (Fsp3) is 0.500. The fourth-order valence-corrected chi connectivity index (χ4v) is 4.66. The Balaban J connectivity index is 3.30. The molecule has 0 unspecified atom stereocenters. The number of nitrogens with zero attached hydrogens (tertiary/aromatic N) is 1. The zero-order valence-corrected chi connectivity index (χ0v) is 14.9. The Labute approximate surface area is 126 Å². The highest BCUT2D eigenvalue weighted by molar-refractivity contribution is 9.11. The first-order valence-corrected chi connectivity index (χ1v) is 8.59. The topological polar surface area (TPSA) is 37.4 Å². The molecule has 0 fully saturated rings. The van der Waals surface area contributed by atoms with Crippen LogP contribution in [0.1, 0.15) is 27.2 Å². The lowest BCUT2D eigenvalue weighted by atomic mass is 10.0. The number of benzene rings is 1. The van der Waals surface area contributed by atoms with E-state index in [1.165, 1.54) is 4.31 Å². The average molecular weight is 399 g/mol. The van der Waals surface area contributed by atoms with Gasteiger partial charge in [-0.1, -0.05) is 22.9 Å². The van der Waals surface area contributed by atoms with Gasteiger partial charge >= 0.3 is 0 Å². The summed E-state index contributed by atoms with van der Waals surface area (Å²) in [5.41, 5.74) is -0.411. The van der Waals surface area contributed by atoms with Crippen LogP contribution in [0.4, 0.5) is 0 Å². The van der Waals surface area contributed by atoms with Gasteiger partial charge < -0.3 is 0 Å². The maximum absolute atomic E-state index is 12.6. The van der Waals surface area contributed by atoms with Gasteiger partial charge in [0.05, 0.1) is 4.90 Å². The largest absolute Gasteiger partial charge is 0.244 e. The zero-order chi connectivity index (χ0) is 14.1. The Kier molecular flexibility index (Phi) is 5.03. The molecule has 0 saturated carbocycles. The molecular formula is C12H17Br2NO2S. The van der Waals surface area contributed by atoms with Crippen molar-refractivity contribution in [3.8, 4) is 0 Å².